The van der Waals surface area contributed by atoms with Crippen LogP contribution in [0.15, 0.2) is 54.6 Å². The van der Waals surface area contributed by atoms with E-state index < -0.39 is 5.82 Å². The molecule has 0 aliphatic carbocycles. The van der Waals surface area contributed by atoms with Gasteiger partial charge in [0.25, 0.3) is 5.91 Å². The van der Waals surface area contributed by atoms with Gasteiger partial charge < -0.3 is 10.2 Å². The van der Waals surface area contributed by atoms with Gasteiger partial charge in [-0.1, -0.05) is 36.4 Å². The maximum atomic E-state index is 13.2. The Morgan fingerprint density at radius 1 is 1.14 bits per heavy atom. The lowest BCUT2D eigenvalue weighted by Gasteiger charge is -2.24. The molecule has 0 aliphatic rings. The fourth-order valence-corrected chi connectivity index (χ4v) is 2.27. The van der Waals surface area contributed by atoms with Gasteiger partial charge in [-0.25, -0.2) is 4.39 Å². The SMILES string of the molecule is CN(C)C(CNC(=O)c1cccc(F)c1)Cc1ccccc1. The van der Waals surface area contributed by atoms with Gasteiger partial charge in [-0.15, -0.1) is 0 Å². The Balaban J connectivity index is 1.96. The maximum absolute atomic E-state index is 13.2. The van der Waals surface area contributed by atoms with Gasteiger partial charge in [-0.3, -0.25) is 4.79 Å². The van der Waals surface area contributed by atoms with Gasteiger partial charge in [-0.2, -0.15) is 0 Å². The van der Waals surface area contributed by atoms with Crippen LogP contribution in [0.2, 0.25) is 0 Å². The van der Waals surface area contributed by atoms with Gasteiger partial charge in [0.15, 0.2) is 0 Å². The van der Waals surface area contributed by atoms with E-state index in [-0.39, 0.29) is 11.9 Å². The fourth-order valence-electron chi connectivity index (χ4n) is 2.27. The van der Waals surface area contributed by atoms with Crippen LogP contribution >= 0.6 is 0 Å². The number of rotatable bonds is 6. The molecule has 4 heteroatoms. The molecule has 1 amide bonds. The Morgan fingerprint density at radius 2 is 1.86 bits per heavy atom. The Hall–Kier alpha value is -2.20. The molecule has 0 bridgehead atoms. The van der Waals surface area contributed by atoms with Crippen LogP contribution in [0, 0.1) is 5.82 Å². The second kappa shape index (κ2) is 7.71. The molecule has 0 spiro atoms. The molecule has 1 atom stereocenters. The summed E-state index contributed by atoms with van der Waals surface area (Å²) in [5, 5.41) is 2.88. The third kappa shape index (κ3) is 4.67. The van der Waals surface area contributed by atoms with E-state index in [0.717, 1.165) is 6.42 Å². The zero-order valence-corrected chi connectivity index (χ0v) is 12.9. The molecule has 0 saturated heterocycles. The van der Waals surface area contributed by atoms with E-state index in [1.807, 2.05) is 32.3 Å². The van der Waals surface area contributed by atoms with Crippen LogP contribution in [-0.4, -0.2) is 37.5 Å². The lowest BCUT2D eigenvalue weighted by molar-refractivity contribution is 0.0941. The van der Waals surface area contributed by atoms with Crippen molar-refractivity contribution in [3.8, 4) is 0 Å². The van der Waals surface area contributed by atoms with Crippen LogP contribution in [0.25, 0.3) is 0 Å². The number of halogens is 1. The molecule has 0 aromatic heterocycles. The summed E-state index contributed by atoms with van der Waals surface area (Å²) < 4.78 is 13.2. The Morgan fingerprint density at radius 3 is 2.50 bits per heavy atom. The Labute approximate surface area is 130 Å². The van der Waals surface area contributed by atoms with Crippen molar-refractivity contribution in [2.75, 3.05) is 20.6 Å². The summed E-state index contributed by atoms with van der Waals surface area (Å²) >= 11 is 0. The highest BCUT2D eigenvalue weighted by atomic mass is 19.1. The minimum atomic E-state index is -0.402. The van der Waals surface area contributed by atoms with Crippen molar-refractivity contribution in [2.45, 2.75) is 12.5 Å². The van der Waals surface area contributed by atoms with Crippen LogP contribution in [0.5, 0.6) is 0 Å². The van der Waals surface area contributed by atoms with Crippen molar-refractivity contribution in [1.82, 2.24) is 10.2 Å². The number of hydrogen-bond donors (Lipinski definition) is 1. The van der Waals surface area contributed by atoms with E-state index in [1.165, 1.54) is 23.8 Å². The van der Waals surface area contributed by atoms with Crippen molar-refractivity contribution in [3.05, 3.63) is 71.5 Å². The maximum Gasteiger partial charge on any atom is 0.251 e. The molecule has 0 aliphatic heterocycles. The predicted molar refractivity (Wildman–Crippen MR) is 86.4 cm³/mol. The minimum Gasteiger partial charge on any atom is -0.350 e. The van der Waals surface area contributed by atoms with E-state index in [9.17, 15) is 9.18 Å². The molecule has 1 unspecified atom stereocenters. The van der Waals surface area contributed by atoms with Gasteiger partial charge >= 0.3 is 0 Å². The van der Waals surface area contributed by atoms with Crippen molar-refractivity contribution in [2.24, 2.45) is 0 Å². The smallest absolute Gasteiger partial charge is 0.251 e. The summed E-state index contributed by atoms with van der Waals surface area (Å²) in [7, 11) is 3.98. The lowest BCUT2D eigenvalue weighted by atomic mass is 10.0. The fraction of sp³-hybridized carbons (Fsp3) is 0.278. The summed E-state index contributed by atoms with van der Waals surface area (Å²) in [5.74, 6) is -0.652. The van der Waals surface area contributed by atoms with E-state index in [1.54, 1.807) is 6.07 Å². The molecule has 116 valence electrons. The van der Waals surface area contributed by atoms with Gasteiger partial charge in [0.1, 0.15) is 5.82 Å². The molecule has 3 nitrogen and oxygen atoms in total. The largest absolute Gasteiger partial charge is 0.350 e. The molecule has 2 aromatic carbocycles. The number of benzene rings is 2. The van der Waals surface area contributed by atoms with E-state index in [4.69, 9.17) is 0 Å². The highest BCUT2D eigenvalue weighted by molar-refractivity contribution is 5.94. The average Bonchev–Trinajstić information content (AvgIpc) is 2.51. The topological polar surface area (TPSA) is 32.3 Å². The summed E-state index contributed by atoms with van der Waals surface area (Å²) in [5.41, 5.74) is 1.57. The molecule has 0 radical (unpaired) electrons. The monoisotopic (exact) mass is 300 g/mol. The third-order valence-corrected chi connectivity index (χ3v) is 3.63. The van der Waals surface area contributed by atoms with Gasteiger partial charge in [0, 0.05) is 18.2 Å². The number of nitrogens with zero attached hydrogens (tertiary/aromatic N) is 1. The normalized spacial score (nSPS) is 12.2. The van der Waals surface area contributed by atoms with Crippen LogP contribution in [-0.2, 0) is 6.42 Å². The van der Waals surface area contributed by atoms with Crippen molar-refractivity contribution < 1.29 is 9.18 Å². The minimum absolute atomic E-state index is 0.180. The molecular formula is C18H21FN2O. The summed E-state index contributed by atoms with van der Waals surface area (Å²) in [6, 6.07) is 16.1. The Bertz CT molecular complexity index is 613. The summed E-state index contributed by atoms with van der Waals surface area (Å²) in [4.78, 5) is 14.2. The molecule has 22 heavy (non-hydrogen) atoms. The second-order valence-electron chi connectivity index (χ2n) is 5.53. The summed E-state index contributed by atoms with van der Waals surface area (Å²) in [6.45, 7) is 0.511. The van der Waals surface area contributed by atoms with Crippen LogP contribution in [0.4, 0.5) is 4.39 Å². The van der Waals surface area contributed by atoms with Gasteiger partial charge in [0.05, 0.1) is 0 Å². The highest BCUT2D eigenvalue weighted by Crippen LogP contribution is 2.07. The molecule has 2 rings (SSSR count). The predicted octanol–water partition coefficient (Wildman–Crippen LogP) is 2.73. The van der Waals surface area contributed by atoms with Gasteiger partial charge in [-0.05, 0) is 44.3 Å². The van der Waals surface area contributed by atoms with Gasteiger partial charge in [0.2, 0.25) is 0 Å². The Kier molecular flexibility index (Phi) is 5.67. The number of likely N-dealkylation sites (N-methyl/N-ethyl adjacent to an activating group) is 1. The number of carbonyl (C=O) groups is 1. The first kappa shape index (κ1) is 16.2. The molecular weight excluding hydrogens is 279 g/mol. The molecule has 0 fully saturated rings. The first-order chi connectivity index (χ1) is 10.6. The van der Waals surface area contributed by atoms with E-state index >= 15 is 0 Å². The molecule has 2 aromatic rings. The first-order valence-corrected chi connectivity index (χ1v) is 7.30. The quantitative estimate of drug-likeness (QED) is 0.889. The average molecular weight is 300 g/mol. The zero-order chi connectivity index (χ0) is 15.9. The lowest BCUT2D eigenvalue weighted by Crippen LogP contribution is -2.41. The first-order valence-electron chi connectivity index (χ1n) is 7.30. The highest BCUT2D eigenvalue weighted by Gasteiger charge is 2.14. The standard InChI is InChI=1S/C18H21FN2O/c1-21(2)17(11-14-7-4-3-5-8-14)13-20-18(22)15-9-6-10-16(19)12-15/h3-10,12,17H,11,13H2,1-2H3,(H,20,22). The zero-order valence-electron chi connectivity index (χ0n) is 12.9. The van der Waals surface area contributed by atoms with Crippen molar-refractivity contribution in [3.63, 3.8) is 0 Å². The molecule has 0 saturated carbocycles. The number of hydrogen-bond acceptors (Lipinski definition) is 2. The van der Waals surface area contributed by atoms with E-state index in [0.29, 0.717) is 12.1 Å². The number of amides is 1. The van der Waals surface area contributed by atoms with Crippen LogP contribution < -0.4 is 5.32 Å². The van der Waals surface area contributed by atoms with Crippen molar-refractivity contribution >= 4 is 5.91 Å². The number of carbonyl (C=O) groups excluding carboxylic acids is 1. The molecule has 1 N–H and O–H groups in total. The molecule has 0 heterocycles. The van der Waals surface area contributed by atoms with Crippen molar-refractivity contribution in [1.29, 1.82) is 0 Å². The summed E-state index contributed by atoms with van der Waals surface area (Å²) in [6.07, 6.45) is 0.845. The second-order valence-corrected chi connectivity index (χ2v) is 5.53. The number of nitrogens with one attached hydrogen (secondary N) is 1. The van der Waals surface area contributed by atoms with Crippen LogP contribution in [0.1, 0.15) is 15.9 Å². The van der Waals surface area contributed by atoms with E-state index in [2.05, 4.69) is 22.3 Å². The third-order valence-electron chi connectivity index (χ3n) is 3.63. The van der Waals surface area contributed by atoms with Crippen LogP contribution in [0.3, 0.4) is 0 Å².